The lowest BCUT2D eigenvalue weighted by molar-refractivity contribution is -0.385. The Hall–Kier alpha value is -2.00. The van der Waals surface area contributed by atoms with E-state index in [9.17, 15) is 23.3 Å². The zero-order chi connectivity index (χ0) is 16.5. The van der Waals surface area contributed by atoms with E-state index < -0.39 is 26.8 Å². The number of carbonyl (C=O) groups is 1. The molecule has 1 saturated heterocycles. The summed E-state index contributed by atoms with van der Waals surface area (Å²) < 4.78 is 26.4. The summed E-state index contributed by atoms with van der Waals surface area (Å²) in [5.74, 6) is -1.80. The number of nitrogens with zero attached hydrogens (tertiary/aromatic N) is 2. The molecule has 1 aliphatic rings. The minimum atomic E-state index is -3.97. The van der Waals surface area contributed by atoms with Crippen LogP contribution in [0.2, 0.25) is 0 Å². The summed E-state index contributed by atoms with van der Waals surface area (Å²) in [7, 11) is -3.97. The van der Waals surface area contributed by atoms with Crippen molar-refractivity contribution in [1.29, 1.82) is 0 Å². The molecule has 0 amide bonds. The van der Waals surface area contributed by atoms with Crippen LogP contribution in [0.4, 0.5) is 5.69 Å². The Balaban J connectivity index is 2.38. The smallest absolute Gasteiger partial charge is 0.307 e. The summed E-state index contributed by atoms with van der Waals surface area (Å²) >= 11 is 0. The molecule has 1 N–H and O–H groups in total. The molecule has 1 fully saturated rings. The van der Waals surface area contributed by atoms with Gasteiger partial charge < -0.3 is 5.11 Å². The highest BCUT2D eigenvalue weighted by molar-refractivity contribution is 7.89. The largest absolute Gasteiger partial charge is 0.481 e. The summed E-state index contributed by atoms with van der Waals surface area (Å²) in [6.07, 6.45) is 0.850. The number of piperidine rings is 1. The van der Waals surface area contributed by atoms with E-state index in [-0.39, 0.29) is 23.2 Å². The van der Waals surface area contributed by atoms with E-state index in [0.29, 0.717) is 12.8 Å². The maximum absolute atomic E-state index is 12.7. The maximum atomic E-state index is 12.7. The molecule has 0 radical (unpaired) electrons. The first-order valence-electron chi connectivity index (χ1n) is 6.72. The number of nitro groups is 1. The average Bonchev–Trinajstić information content (AvgIpc) is 2.47. The van der Waals surface area contributed by atoms with Gasteiger partial charge in [0.15, 0.2) is 0 Å². The van der Waals surface area contributed by atoms with E-state index >= 15 is 0 Å². The van der Waals surface area contributed by atoms with E-state index in [1.54, 1.807) is 6.92 Å². The molecule has 120 valence electrons. The van der Waals surface area contributed by atoms with Crippen LogP contribution in [-0.4, -0.2) is 41.3 Å². The highest BCUT2D eigenvalue weighted by Crippen LogP contribution is 2.29. The lowest BCUT2D eigenvalue weighted by atomic mass is 9.96. The van der Waals surface area contributed by atoms with Crippen molar-refractivity contribution in [2.24, 2.45) is 5.92 Å². The van der Waals surface area contributed by atoms with Crippen LogP contribution in [0.5, 0.6) is 0 Å². The summed E-state index contributed by atoms with van der Waals surface area (Å²) in [6.45, 7) is 1.58. The second kappa shape index (κ2) is 6.01. The number of non-ortho nitro benzene ring substituents is 1. The van der Waals surface area contributed by atoms with Gasteiger partial charge in [-0.2, -0.15) is 4.31 Å². The van der Waals surface area contributed by atoms with Gasteiger partial charge in [-0.05, 0) is 25.8 Å². The van der Waals surface area contributed by atoms with Gasteiger partial charge in [-0.3, -0.25) is 14.9 Å². The normalized spacial score (nSPS) is 23.1. The van der Waals surface area contributed by atoms with E-state index in [2.05, 4.69) is 0 Å². The molecule has 2 unspecified atom stereocenters. The second-order valence-corrected chi connectivity index (χ2v) is 7.18. The van der Waals surface area contributed by atoms with Crippen molar-refractivity contribution < 1.29 is 23.2 Å². The Morgan fingerprint density at radius 2 is 2.09 bits per heavy atom. The van der Waals surface area contributed by atoms with Crippen LogP contribution < -0.4 is 0 Å². The fraction of sp³-hybridized carbons (Fsp3) is 0.462. The Morgan fingerprint density at radius 3 is 2.68 bits per heavy atom. The maximum Gasteiger partial charge on any atom is 0.307 e. The zero-order valence-electron chi connectivity index (χ0n) is 11.9. The Morgan fingerprint density at radius 1 is 1.41 bits per heavy atom. The van der Waals surface area contributed by atoms with E-state index in [0.717, 1.165) is 10.4 Å². The first kappa shape index (κ1) is 16.4. The van der Waals surface area contributed by atoms with Crippen molar-refractivity contribution in [3.8, 4) is 0 Å². The Kier molecular flexibility index (Phi) is 4.47. The van der Waals surface area contributed by atoms with E-state index in [1.165, 1.54) is 18.2 Å². The van der Waals surface area contributed by atoms with Gasteiger partial charge >= 0.3 is 5.97 Å². The van der Waals surface area contributed by atoms with Crippen LogP contribution in [0, 0.1) is 16.0 Å². The number of sulfonamides is 1. The number of carboxylic acid groups (broad SMARTS) is 1. The molecule has 1 aromatic rings. The van der Waals surface area contributed by atoms with Gasteiger partial charge in [0.25, 0.3) is 5.69 Å². The van der Waals surface area contributed by atoms with Crippen LogP contribution in [0.15, 0.2) is 29.2 Å². The lowest BCUT2D eigenvalue weighted by Crippen LogP contribution is -2.47. The predicted molar refractivity (Wildman–Crippen MR) is 76.8 cm³/mol. The number of aliphatic carboxylic acids is 1. The molecule has 2 rings (SSSR count). The number of hydrogen-bond acceptors (Lipinski definition) is 5. The van der Waals surface area contributed by atoms with Crippen molar-refractivity contribution in [3.05, 3.63) is 34.4 Å². The SMILES string of the molecule is CC1CCC(C(=O)O)CN1S(=O)(=O)c1cccc([N+](=O)[O-])c1. The minimum Gasteiger partial charge on any atom is -0.481 e. The van der Waals surface area contributed by atoms with Crippen LogP contribution in [0.1, 0.15) is 19.8 Å². The topological polar surface area (TPSA) is 118 Å². The molecule has 22 heavy (non-hydrogen) atoms. The Bertz CT molecular complexity index is 702. The van der Waals surface area contributed by atoms with Crippen LogP contribution in [-0.2, 0) is 14.8 Å². The van der Waals surface area contributed by atoms with Crippen molar-refractivity contribution in [1.82, 2.24) is 4.31 Å². The van der Waals surface area contributed by atoms with Gasteiger partial charge in [-0.1, -0.05) is 6.07 Å². The van der Waals surface area contributed by atoms with Crippen molar-refractivity contribution in [2.45, 2.75) is 30.7 Å². The van der Waals surface area contributed by atoms with Gasteiger partial charge in [-0.25, -0.2) is 8.42 Å². The van der Waals surface area contributed by atoms with Gasteiger partial charge in [0.1, 0.15) is 0 Å². The van der Waals surface area contributed by atoms with Crippen LogP contribution in [0.25, 0.3) is 0 Å². The molecule has 0 aliphatic carbocycles. The molecular formula is C13H16N2O6S. The second-order valence-electron chi connectivity index (χ2n) is 5.29. The summed E-state index contributed by atoms with van der Waals surface area (Å²) in [5.41, 5.74) is -0.319. The third-order valence-corrected chi connectivity index (χ3v) is 5.79. The number of nitro benzene ring substituents is 1. The fourth-order valence-electron chi connectivity index (χ4n) is 2.50. The minimum absolute atomic E-state index is 0.123. The van der Waals surface area contributed by atoms with E-state index in [1.807, 2.05) is 0 Å². The molecule has 1 heterocycles. The molecule has 0 saturated carbocycles. The lowest BCUT2D eigenvalue weighted by Gasteiger charge is -2.35. The molecular weight excluding hydrogens is 312 g/mol. The molecule has 8 nitrogen and oxygen atoms in total. The van der Waals surface area contributed by atoms with Gasteiger partial charge in [0.05, 0.1) is 15.7 Å². The standard InChI is InChI=1S/C13H16N2O6S/c1-9-5-6-10(13(16)17)8-14(9)22(20,21)12-4-2-3-11(7-12)15(18)19/h2-4,7,9-10H,5-6,8H2,1H3,(H,16,17). The van der Waals surface area contributed by atoms with Crippen molar-refractivity contribution >= 4 is 21.7 Å². The van der Waals surface area contributed by atoms with Gasteiger partial charge in [0.2, 0.25) is 10.0 Å². The van der Waals surface area contributed by atoms with Crippen LogP contribution >= 0.6 is 0 Å². The predicted octanol–water partition coefficient (Wildman–Crippen LogP) is 1.47. The number of hydrogen-bond donors (Lipinski definition) is 1. The molecule has 1 aromatic carbocycles. The van der Waals surface area contributed by atoms with Gasteiger partial charge in [0, 0.05) is 24.7 Å². The number of rotatable bonds is 4. The van der Waals surface area contributed by atoms with Crippen molar-refractivity contribution in [2.75, 3.05) is 6.54 Å². The molecule has 1 aliphatic heterocycles. The first-order chi connectivity index (χ1) is 10.2. The Labute approximate surface area is 127 Å². The molecule has 0 bridgehead atoms. The summed E-state index contributed by atoms with van der Waals surface area (Å²) in [6, 6.07) is 4.43. The third-order valence-electron chi connectivity index (χ3n) is 3.81. The molecule has 9 heteroatoms. The van der Waals surface area contributed by atoms with E-state index in [4.69, 9.17) is 5.11 Å². The molecule has 0 spiro atoms. The van der Waals surface area contributed by atoms with Crippen molar-refractivity contribution in [3.63, 3.8) is 0 Å². The molecule has 2 atom stereocenters. The average molecular weight is 328 g/mol. The summed E-state index contributed by atoms with van der Waals surface area (Å²) in [4.78, 5) is 21.0. The molecule has 0 aromatic heterocycles. The van der Waals surface area contributed by atoms with Crippen LogP contribution in [0.3, 0.4) is 0 Å². The highest BCUT2D eigenvalue weighted by atomic mass is 32.2. The zero-order valence-corrected chi connectivity index (χ0v) is 12.7. The number of benzene rings is 1. The first-order valence-corrected chi connectivity index (χ1v) is 8.16. The quantitative estimate of drug-likeness (QED) is 0.660. The third kappa shape index (κ3) is 3.09. The fourth-order valence-corrected chi connectivity index (χ4v) is 4.25. The number of carboxylic acids is 1. The summed E-state index contributed by atoms with van der Waals surface area (Å²) in [5, 5.41) is 19.9. The van der Waals surface area contributed by atoms with Gasteiger partial charge in [-0.15, -0.1) is 0 Å². The monoisotopic (exact) mass is 328 g/mol. The highest BCUT2D eigenvalue weighted by Gasteiger charge is 2.37.